The summed E-state index contributed by atoms with van der Waals surface area (Å²) in [6.45, 7) is 8.67. The molecule has 0 spiro atoms. The van der Waals surface area contributed by atoms with Crippen LogP contribution in [0.15, 0.2) is 24.3 Å². The van der Waals surface area contributed by atoms with Gasteiger partial charge in [0.2, 0.25) is 0 Å². The topological polar surface area (TPSA) is 52.6 Å². The molecule has 0 saturated heterocycles. The third-order valence-corrected chi connectivity index (χ3v) is 3.42. The Morgan fingerprint density at radius 3 is 2.45 bits per heavy atom. The molecule has 1 aromatic rings. The maximum Gasteiger partial charge on any atom is 0.317 e. The predicted molar refractivity (Wildman–Crippen MR) is 81.6 cm³/mol. The number of nitrogens with one attached hydrogen (secondary N) is 1. The Labute approximate surface area is 121 Å². The Kier molecular flexibility index (Phi) is 5.57. The van der Waals surface area contributed by atoms with Gasteiger partial charge in [0.05, 0.1) is 12.6 Å². The highest BCUT2D eigenvalue weighted by molar-refractivity contribution is 5.74. The molecule has 1 aromatic carbocycles. The summed E-state index contributed by atoms with van der Waals surface area (Å²) in [5, 5.41) is 12.0. The maximum atomic E-state index is 12.2. The molecule has 0 saturated carbocycles. The van der Waals surface area contributed by atoms with Crippen LogP contribution in [0.1, 0.15) is 37.9 Å². The van der Waals surface area contributed by atoms with Crippen LogP contribution in [0.4, 0.5) is 4.79 Å². The first-order chi connectivity index (χ1) is 9.27. The molecule has 20 heavy (non-hydrogen) atoms. The molecule has 1 rings (SSSR count). The molecule has 2 N–H and O–H groups in total. The Bertz CT molecular complexity index is 452. The molecule has 0 heterocycles. The molecule has 1 atom stereocenters. The van der Waals surface area contributed by atoms with E-state index >= 15 is 0 Å². The van der Waals surface area contributed by atoms with E-state index in [9.17, 15) is 4.79 Å². The molecule has 2 amide bonds. The van der Waals surface area contributed by atoms with Gasteiger partial charge in [-0.05, 0) is 23.5 Å². The fraction of sp³-hybridized carbons (Fsp3) is 0.562. The lowest BCUT2D eigenvalue weighted by molar-refractivity contribution is 0.175. The molecular weight excluding hydrogens is 252 g/mol. The number of aryl methyl sites for hydroxylation is 1. The van der Waals surface area contributed by atoms with Crippen molar-refractivity contribution < 1.29 is 9.90 Å². The minimum atomic E-state index is -0.165. The van der Waals surface area contributed by atoms with Crippen LogP contribution in [0, 0.1) is 12.3 Å². The number of amides is 2. The summed E-state index contributed by atoms with van der Waals surface area (Å²) in [6.07, 6.45) is 0. The first-order valence-corrected chi connectivity index (χ1v) is 6.95. The number of aliphatic hydroxyl groups excluding tert-OH is 1. The average Bonchev–Trinajstić information content (AvgIpc) is 2.35. The second-order valence-corrected chi connectivity index (χ2v) is 6.25. The van der Waals surface area contributed by atoms with Gasteiger partial charge in [-0.15, -0.1) is 0 Å². The molecule has 4 nitrogen and oxygen atoms in total. The van der Waals surface area contributed by atoms with Gasteiger partial charge < -0.3 is 15.3 Å². The summed E-state index contributed by atoms with van der Waals surface area (Å²) in [5.74, 6) is 0. The van der Waals surface area contributed by atoms with Crippen molar-refractivity contribution in [3.8, 4) is 0 Å². The van der Waals surface area contributed by atoms with E-state index < -0.39 is 0 Å². The predicted octanol–water partition coefficient (Wildman–Crippen LogP) is 2.72. The van der Waals surface area contributed by atoms with Gasteiger partial charge in [-0.2, -0.15) is 0 Å². The number of urea groups is 1. The lowest BCUT2D eigenvalue weighted by Crippen LogP contribution is -2.44. The van der Waals surface area contributed by atoms with Crippen molar-refractivity contribution in [1.29, 1.82) is 0 Å². The van der Waals surface area contributed by atoms with Crippen molar-refractivity contribution in [2.45, 2.75) is 33.7 Å². The number of likely N-dealkylation sites (N-methyl/N-ethyl adjacent to an activating group) is 1. The van der Waals surface area contributed by atoms with Gasteiger partial charge in [-0.3, -0.25) is 0 Å². The van der Waals surface area contributed by atoms with Crippen molar-refractivity contribution in [2.24, 2.45) is 5.41 Å². The van der Waals surface area contributed by atoms with E-state index in [1.54, 1.807) is 7.05 Å². The highest BCUT2D eigenvalue weighted by Crippen LogP contribution is 2.34. The third kappa shape index (κ3) is 4.23. The minimum absolute atomic E-state index is 0.0333. The third-order valence-electron chi connectivity index (χ3n) is 3.42. The number of carbonyl (C=O) groups excluding carboxylic acids is 1. The van der Waals surface area contributed by atoms with Crippen molar-refractivity contribution in [1.82, 2.24) is 10.2 Å². The summed E-state index contributed by atoms with van der Waals surface area (Å²) < 4.78 is 0. The van der Waals surface area contributed by atoms with Crippen LogP contribution in [0.3, 0.4) is 0 Å². The number of hydrogen-bond acceptors (Lipinski definition) is 2. The van der Waals surface area contributed by atoms with Gasteiger partial charge in [0.1, 0.15) is 0 Å². The van der Waals surface area contributed by atoms with Gasteiger partial charge in [0.25, 0.3) is 0 Å². The molecule has 0 bridgehead atoms. The van der Waals surface area contributed by atoms with E-state index in [0.717, 1.165) is 11.1 Å². The van der Waals surface area contributed by atoms with Crippen LogP contribution in [-0.4, -0.2) is 36.2 Å². The van der Waals surface area contributed by atoms with Crippen LogP contribution >= 0.6 is 0 Å². The Hall–Kier alpha value is -1.55. The van der Waals surface area contributed by atoms with Crippen LogP contribution in [0.5, 0.6) is 0 Å². The van der Waals surface area contributed by atoms with Gasteiger partial charge in [-0.1, -0.05) is 45.0 Å². The largest absolute Gasteiger partial charge is 0.395 e. The monoisotopic (exact) mass is 278 g/mol. The number of rotatable bonds is 4. The summed E-state index contributed by atoms with van der Waals surface area (Å²) in [6, 6.07) is 7.86. The van der Waals surface area contributed by atoms with Crippen molar-refractivity contribution in [3.05, 3.63) is 35.4 Å². The highest BCUT2D eigenvalue weighted by Gasteiger charge is 2.29. The molecule has 0 aliphatic heterocycles. The standard InChI is InChI=1S/C16H26N2O2/c1-12-8-6-7-9-13(12)14(16(2,3)4)17-15(20)18(5)10-11-19/h6-9,14,19H,10-11H2,1-5H3,(H,17,20). The van der Waals surface area contributed by atoms with E-state index in [-0.39, 0.29) is 24.1 Å². The van der Waals surface area contributed by atoms with E-state index in [4.69, 9.17) is 5.11 Å². The summed E-state index contributed by atoms with van der Waals surface area (Å²) in [4.78, 5) is 13.7. The Morgan fingerprint density at radius 1 is 1.35 bits per heavy atom. The molecule has 4 heteroatoms. The first kappa shape index (κ1) is 16.5. The number of aliphatic hydroxyl groups is 1. The SMILES string of the molecule is Cc1ccccc1C(NC(=O)N(C)CCO)C(C)(C)C. The fourth-order valence-electron chi connectivity index (χ4n) is 2.16. The molecular formula is C16H26N2O2. The molecule has 112 valence electrons. The Morgan fingerprint density at radius 2 is 1.95 bits per heavy atom. The van der Waals surface area contributed by atoms with Crippen LogP contribution in [0.25, 0.3) is 0 Å². The molecule has 0 fully saturated rings. The van der Waals surface area contributed by atoms with Crippen LogP contribution in [-0.2, 0) is 0 Å². The average molecular weight is 278 g/mol. The normalized spacial score (nSPS) is 12.9. The molecule has 0 aliphatic carbocycles. The van der Waals surface area contributed by atoms with E-state index in [1.165, 1.54) is 4.90 Å². The van der Waals surface area contributed by atoms with Crippen molar-refractivity contribution in [3.63, 3.8) is 0 Å². The number of benzene rings is 1. The lowest BCUT2D eigenvalue weighted by atomic mass is 9.81. The zero-order valence-electron chi connectivity index (χ0n) is 13.1. The van der Waals surface area contributed by atoms with Crippen molar-refractivity contribution in [2.75, 3.05) is 20.2 Å². The van der Waals surface area contributed by atoms with Gasteiger partial charge in [0.15, 0.2) is 0 Å². The Balaban J connectivity index is 2.98. The van der Waals surface area contributed by atoms with E-state index in [0.29, 0.717) is 6.54 Å². The summed E-state index contributed by atoms with van der Waals surface area (Å²) in [5.41, 5.74) is 2.20. The van der Waals surface area contributed by atoms with Crippen molar-refractivity contribution >= 4 is 6.03 Å². The van der Waals surface area contributed by atoms with Crippen LogP contribution < -0.4 is 5.32 Å². The van der Waals surface area contributed by atoms with Crippen LogP contribution in [0.2, 0.25) is 0 Å². The zero-order valence-corrected chi connectivity index (χ0v) is 13.1. The zero-order chi connectivity index (χ0) is 15.3. The highest BCUT2D eigenvalue weighted by atomic mass is 16.3. The lowest BCUT2D eigenvalue weighted by Gasteiger charge is -2.34. The molecule has 0 aromatic heterocycles. The molecule has 0 radical (unpaired) electrons. The summed E-state index contributed by atoms with van der Waals surface area (Å²) >= 11 is 0. The van der Waals surface area contributed by atoms with Gasteiger partial charge in [0, 0.05) is 13.6 Å². The van der Waals surface area contributed by atoms with E-state index in [2.05, 4.69) is 45.1 Å². The number of nitrogens with zero attached hydrogens (tertiary/aromatic N) is 1. The quantitative estimate of drug-likeness (QED) is 0.889. The van der Waals surface area contributed by atoms with Gasteiger partial charge >= 0.3 is 6.03 Å². The first-order valence-electron chi connectivity index (χ1n) is 6.95. The second kappa shape index (κ2) is 6.75. The summed E-state index contributed by atoms with van der Waals surface area (Å²) in [7, 11) is 1.68. The molecule has 1 unspecified atom stereocenters. The minimum Gasteiger partial charge on any atom is -0.395 e. The van der Waals surface area contributed by atoms with Gasteiger partial charge in [-0.25, -0.2) is 4.79 Å². The maximum absolute atomic E-state index is 12.2. The fourth-order valence-corrected chi connectivity index (χ4v) is 2.16. The number of carbonyl (C=O) groups is 1. The molecule has 0 aliphatic rings. The smallest absolute Gasteiger partial charge is 0.317 e. The second-order valence-electron chi connectivity index (χ2n) is 6.25. The van der Waals surface area contributed by atoms with E-state index in [1.807, 2.05) is 12.1 Å². The number of hydrogen-bond donors (Lipinski definition) is 2.